The highest BCUT2D eigenvalue weighted by molar-refractivity contribution is 7.80. The summed E-state index contributed by atoms with van der Waals surface area (Å²) in [5.41, 5.74) is 6.80. The molecule has 4 aromatic rings. The Hall–Kier alpha value is -4.17. The van der Waals surface area contributed by atoms with Gasteiger partial charge in [0.2, 0.25) is 5.91 Å². The third-order valence-corrected chi connectivity index (χ3v) is 6.78. The maximum absolute atomic E-state index is 11.5. The number of nitrogens with zero attached hydrogens (tertiary/aromatic N) is 3. The fourth-order valence-corrected chi connectivity index (χ4v) is 5.29. The second-order valence-electron chi connectivity index (χ2n) is 8.90. The molecule has 0 spiro atoms. The standard InChI is InChI=1S/C28H27N5O2S/c1-17-16-24(18(2)32(17)21-11-13-23(35)14-12-21)27-26(25-6-4-5-15-29-25)31-28(36)33(27)22-9-7-20(8-10-22)30-19(3)34/h4-16,26-27,35H,1-3H3,(H,30,34)(H,31,36)/t26-,27+/m1/s1. The number of nitrogens with one attached hydrogen (secondary N) is 2. The minimum absolute atomic E-state index is 0.115. The van der Waals surface area contributed by atoms with Crippen LogP contribution in [-0.4, -0.2) is 25.7 Å². The average molecular weight is 498 g/mol. The maximum Gasteiger partial charge on any atom is 0.221 e. The van der Waals surface area contributed by atoms with Gasteiger partial charge < -0.3 is 25.2 Å². The normalized spacial score (nSPS) is 17.2. The van der Waals surface area contributed by atoms with E-state index < -0.39 is 0 Å². The van der Waals surface area contributed by atoms with Crippen molar-refractivity contribution in [2.75, 3.05) is 10.2 Å². The summed E-state index contributed by atoms with van der Waals surface area (Å²) in [6.45, 7) is 5.67. The molecule has 36 heavy (non-hydrogen) atoms. The number of aromatic hydroxyl groups is 1. The Balaban J connectivity index is 1.62. The van der Waals surface area contributed by atoms with Crippen molar-refractivity contribution < 1.29 is 9.90 Å². The number of rotatable bonds is 5. The summed E-state index contributed by atoms with van der Waals surface area (Å²) in [7, 11) is 0. The number of aryl methyl sites for hydroxylation is 1. The highest BCUT2D eigenvalue weighted by Gasteiger charge is 2.42. The molecule has 2 atom stereocenters. The molecule has 1 fully saturated rings. The predicted octanol–water partition coefficient (Wildman–Crippen LogP) is 5.33. The predicted molar refractivity (Wildman–Crippen MR) is 146 cm³/mol. The van der Waals surface area contributed by atoms with Crippen LogP contribution in [0.25, 0.3) is 5.69 Å². The maximum atomic E-state index is 11.5. The lowest BCUT2D eigenvalue weighted by Gasteiger charge is -2.28. The fourth-order valence-electron chi connectivity index (χ4n) is 4.94. The fraction of sp³-hybridized carbons (Fsp3) is 0.179. The molecule has 0 bridgehead atoms. The van der Waals surface area contributed by atoms with Gasteiger partial charge in [-0.1, -0.05) is 6.07 Å². The SMILES string of the molecule is CC(=O)Nc1ccc(N2C(=S)N[C@H](c3ccccn3)[C@@H]2c2cc(C)n(-c3ccc(O)cc3)c2C)cc1. The first-order valence-electron chi connectivity index (χ1n) is 11.7. The molecule has 1 aliphatic rings. The number of aromatic nitrogens is 2. The van der Waals surface area contributed by atoms with Gasteiger partial charge in [-0.3, -0.25) is 9.78 Å². The third kappa shape index (κ3) is 4.31. The largest absolute Gasteiger partial charge is 0.508 e. The summed E-state index contributed by atoms with van der Waals surface area (Å²) >= 11 is 5.85. The Kier molecular flexibility index (Phi) is 6.20. The van der Waals surface area contributed by atoms with Crippen molar-refractivity contribution in [2.24, 2.45) is 0 Å². The molecule has 0 radical (unpaired) electrons. The van der Waals surface area contributed by atoms with Gasteiger partial charge in [0.05, 0.1) is 17.8 Å². The summed E-state index contributed by atoms with van der Waals surface area (Å²) in [5.74, 6) is 0.117. The molecule has 1 saturated heterocycles. The van der Waals surface area contributed by atoms with Crippen LogP contribution in [0, 0.1) is 13.8 Å². The topological polar surface area (TPSA) is 82.4 Å². The van der Waals surface area contributed by atoms with Gasteiger partial charge in [-0.05, 0) is 98.4 Å². The van der Waals surface area contributed by atoms with Gasteiger partial charge in [-0.15, -0.1) is 0 Å². The average Bonchev–Trinajstić information content (AvgIpc) is 3.35. The van der Waals surface area contributed by atoms with E-state index in [2.05, 4.69) is 45.0 Å². The lowest BCUT2D eigenvalue weighted by molar-refractivity contribution is -0.114. The first kappa shape index (κ1) is 23.6. The quantitative estimate of drug-likeness (QED) is 0.323. The van der Waals surface area contributed by atoms with E-state index in [1.54, 1.807) is 18.3 Å². The highest BCUT2D eigenvalue weighted by Crippen LogP contribution is 2.44. The van der Waals surface area contributed by atoms with E-state index in [-0.39, 0.29) is 23.7 Å². The number of hydrogen-bond donors (Lipinski definition) is 3. The van der Waals surface area contributed by atoms with Crippen LogP contribution in [0.3, 0.4) is 0 Å². The van der Waals surface area contributed by atoms with Crippen LogP contribution in [0.1, 0.15) is 41.7 Å². The second-order valence-corrected chi connectivity index (χ2v) is 9.29. The Labute approximate surface area is 215 Å². The summed E-state index contributed by atoms with van der Waals surface area (Å²) in [6.07, 6.45) is 1.79. The molecule has 0 saturated carbocycles. The summed E-state index contributed by atoms with van der Waals surface area (Å²) in [4.78, 5) is 18.2. The molecule has 3 N–H and O–H groups in total. The van der Waals surface area contributed by atoms with Gasteiger partial charge in [0.15, 0.2) is 5.11 Å². The Morgan fingerprint density at radius 2 is 1.72 bits per heavy atom. The first-order chi connectivity index (χ1) is 17.3. The van der Waals surface area contributed by atoms with Crippen molar-refractivity contribution in [1.82, 2.24) is 14.9 Å². The van der Waals surface area contributed by atoms with Crippen molar-refractivity contribution in [3.63, 3.8) is 0 Å². The van der Waals surface area contributed by atoms with Crippen LogP contribution in [0.15, 0.2) is 79.0 Å². The summed E-state index contributed by atoms with van der Waals surface area (Å²) in [5, 5.41) is 16.7. The summed E-state index contributed by atoms with van der Waals surface area (Å²) < 4.78 is 2.18. The van der Waals surface area contributed by atoms with E-state index in [0.29, 0.717) is 5.11 Å². The minimum atomic E-state index is -0.164. The van der Waals surface area contributed by atoms with Gasteiger partial charge >= 0.3 is 0 Å². The number of thiocarbonyl (C=S) groups is 1. The molecule has 5 rings (SSSR count). The molecule has 182 valence electrons. The van der Waals surface area contributed by atoms with Crippen molar-refractivity contribution in [3.05, 3.63) is 102 Å². The van der Waals surface area contributed by atoms with Gasteiger partial charge in [0, 0.05) is 41.6 Å². The molecular formula is C28H27N5O2S. The zero-order valence-electron chi connectivity index (χ0n) is 20.3. The van der Waals surface area contributed by atoms with E-state index in [1.807, 2.05) is 54.6 Å². The van der Waals surface area contributed by atoms with E-state index in [1.165, 1.54) is 6.92 Å². The van der Waals surface area contributed by atoms with Crippen molar-refractivity contribution >= 4 is 34.6 Å². The number of carbonyl (C=O) groups excluding carboxylic acids is 1. The van der Waals surface area contributed by atoms with E-state index in [0.717, 1.165) is 39.7 Å². The molecular weight excluding hydrogens is 470 g/mol. The Morgan fingerprint density at radius 3 is 2.36 bits per heavy atom. The molecule has 8 heteroatoms. The molecule has 3 heterocycles. The van der Waals surface area contributed by atoms with E-state index in [4.69, 9.17) is 12.2 Å². The van der Waals surface area contributed by atoms with Crippen LogP contribution in [-0.2, 0) is 4.79 Å². The lowest BCUT2D eigenvalue weighted by Crippen LogP contribution is -2.29. The lowest BCUT2D eigenvalue weighted by atomic mass is 9.96. The highest BCUT2D eigenvalue weighted by atomic mass is 32.1. The van der Waals surface area contributed by atoms with Crippen LogP contribution in [0.2, 0.25) is 0 Å². The van der Waals surface area contributed by atoms with Crippen molar-refractivity contribution in [1.29, 1.82) is 0 Å². The number of anilines is 2. The first-order valence-corrected chi connectivity index (χ1v) is 12.1. The van der Waals surface area contributed by atoms with Crippen LogP contribution in [0.5, 0.6) is 5.75 Å². The zero-order chi connectivity index (χ0) is 25.4. The van der Waals surface area contributed by atoms with Crippen molar-refractivity contribution in [2.45, 2.75) is 32.9 Å². The van der Waals surface area contributed by atoms with Gasteiger partial charge in [0.25, 0.3) is 0 Å². The Morgan fingerprint density at radius 1 is 1.03 bits per heavy atom. The second kappa shape index (κ2) is 9.47. The number of pyridine rings is 1. The van der Waals surface area contributed by atoms with Crippen LogP contribution >= 0.6 is 12.2 Å². The number of hydrogen-bond acceptors (Lipinski definition) is 4. The molecule has 1 aliphatic heterocycles. The van der Waals surface area contributed by atoms with E-state index >= 15 is 0 Å². The summed E-state index contributed by atoms with van der Waals surface area (Å²) in [6, 6.07) is 22.7. The van der Waals surface area contributed by atoms with Crippen LogP contribution < -0.4 is 15.5 Å². The molecule has 2 aromatic heterocycles. The molecule has 2 aromatic carbocycles. The molecule has 0 unspecified atom stereocenters. The van der Waals surface area contributed by atoms with Crippen molar-refractivity contribution in [3.8, 4) is 11.4 Å². The van der Waals surface area contributed by atoms with E-state index in [9.17, 15) is 9.90 Å². The Bertz CT molecular complexity index is 1420. The third-order valence-electron chi connectivity index (χ3n) is 6.46. The monoisotopic (exact) mass is 497 g/mol. The zero-order valence-corrected chi connectivity index (χ0v) is 21.1. The van der Waals surface area contributed by atoms with Gasteiger partial charge in [-0.2, -0.15) is 0 Å². The number of carbonyl (C=O) groups is 1. The molecule has 1 amide bonds. The van der Waals surface area contributed by atoms with Crippen LogP contribution in [0.4, 0.5) is 11.4 Å². The smallest absolute Gasteiger partial charge is 0.221 e. The number of phenols is 1. The van der Waals surface area contributed by atoms with Gasteiger partial charge in [0.1, 0.15) is 5.75 Å². The number of benzene rings is 2. The number of phenolic OH excluding ortho intramolecular Hbond substituents is 1. The minimum Gasteiger partial charge on any atom is -0.508 e. The molecule has 0 aliphatic carbocycles. The molecule has 7 nitrogen and oxygen atoms in total. The van der Waals surface area contributed by atoms with Gasteiger partial charge in [-0.25, -0.2) is 0 Å². The number of amides is 1.